The smallest absolute Gasteiger partial charge is 0.139 e. The van der Waals surface area contributed by atoms with Crippen LogP contribution in [0.5, 0.6) is 0 Å². The lowest BCUT2D eigenvalue weighted by atomic mass is 9.96. The van der Waals surface area contributed by atoms with E-state index in [4.69, 9.17) is 5.73 Å². The van der Waals surface area contributed by atoms with Gasteiger partial charge in [0.2, 0.25) is 0 Å². The van der Waals surface area contributed by atoms with Gasteiger partial charge in [-0.15, -0.1) is 0 Å². The summed E-state index contributed by atoms with van der Waals surface area (Å²) in [6, 6.07) is 4.14. The maximum atomic E-state index is 5.87. The van der Waals surface area contributed by atoms with Crippen molar-refractivity contribution < 1.29 is 0 Å². The van der Waals surface area contributed by atoms with Gasteiger partial charge in [0.1, 0.15) is 5.65 Å². The summed E-state index contributed by atoms with van der Waals surface area (Å²) >= 11 is 0. The molecule has 2 N–H and O–H groups in total. The number of nitrogens with two attached hydrogens (primary N) is 1. The molecule has 0 atom stereocenters. The molecule has 0 bridgehead atoms. The van der Waals surface area contributed by atoms with Crippen LogP contribution in [0.15, 0.2) is 24.5 Å². The standard InChI is InChI=1S/C12H15N3/c1-15-7-10(12(8-13)4-5-12)9-3-2-6-14-11(9)15/h2-3,6-7H,4-5,8,13H2,1H3. The Morgan fingerprint density at radius 3 is 3.00 bits per heavy atom. The minimum absolute atomic E-state index is 0.253. The fraction of sp³-hybridized carbons (Fsp3) is 0.417. The van der Waals surface area contributed by atoms with Crippen LogP contribution >= 0.6 is 0 Å². The SMILES string of the molecule is Cn1cc(C2(CN)CC2)c2cccnc21. The highest BCUT2D eigenvalue weighted by Crippen LogP contribution is 2.49. The fourth-order valence-corrected chi connectivity index (χ4v) is 2.37. The van der Waals surface area contributed by atoms with E-state index in [0.717, 1.165) is 12.2 Å². The third kappa shape index (κ3) is 1.13. The van der Waals surface area contributed by atoms with Crippen molar-refractivity contribution >= 4 is 11.0 Å². The van der Waals surface area contributed by atoms with E-state index in [1.54, 1.807) is 0 Å². The second-order valence-electron chi connectivity index (χ2n) is 4.51. The van der Waals surface area contributed by atoms with Gasteiger partial charge < -0.3 is 10.3 Å². The van der Waals surface area contributed by atoms with Crippen LogP contribution in [0.2, 0.25) is 0 Å². The van der Waals surface area contributed by atoms with Crippen molar-refractivity contribution in [2.75, 3.05) is 6.54 Å². The summed E-state index contributed by atoms with van der Waals surface area (Å²) in [5, 5.41) is 1.27. The average Bonchev–Trinajstić information content (AvgIpc) is 3.00. The fourth-order valence-electron chi connectivity index (χ4n) is 2.37. The Labute approximate surface area is 88.9 Å². The van der Waals surface area contributed by atoms with E-state index in [0.29, 0.717) is 0 Å². The molecule has 1 fully saturated rings. The van der Waals surface area contributed by atoms with Crippen LogP contribution in [0.4, 0.5) is 0 Å². The van der Waals surface area contributed by atoms with Gasteiger partial charge in [-0.3, -0.25) is 0 Å². The van der Waals surface area contributed by atoms with E-state index in [9.17, 15) is 0 Å². The number of aryl methyl sites for hydroxylation is 1. The molecular weight excluding hydrogens is 186 g/mol. The van der Waals surface area contributed by atoms with E-state index in [1.165, 1.54) is 23.8 Å². The number of aromatic nitrogens is 2. The van der Waals surface area contributed by atoms with Crippen LogP contribution < -0.4 is 5.73 Å². The van der Waals surface area contributed by atoms with Crippen LogP contribution in [0, 0.1) is 0 Å². The lowest BCUT2D eigenvalue weighted by molar-refractivity contribution is 0.706. The Morgan fingerprint density at radius 1 is 1.53 bits per heavy atom. The zero-order chi connectivity index (χ0) is 10.5. The largest absolute Gasteiger partial charge is 0.335 e. The molecule has 0 spiro atoms. The molecule has 2 aromatic heterocycles. The van der Waals surface area contributed by atoms with Gasteiger partial charge in [-0.1, -0.05) is 0 Å². The van der Waals surface area contributed by atoms with Gasteiger partial charge >= 0.3 is 0 Å². The van der Waals surface area contributed by atoms with E-state index in [-0.39, 0.29) is 5.41 Å². The highest BCUT2D eigenvalue weighted by atomic mass is 15.0. The first kappa shape index (κ1) is 8.92. The lowest BCUT2D eigenvalue weighted by Crippen LogP contribution is -2.19. The molecule has 1 aliphatic rings. The van der Waals surface area contributed by atoms with Gasteiger partial charge in [-0.05, 0) is 30.5 Å². The molecule has 2 aromatic rings. The summed E-state index contributed by atoms with van der Waals surface area (Å²) in [6.45, 7) is 0.751. The summed E-state index contributed by atoms with van der Waals surface area (Å²) in [5.74, 6) is 0. The van der Waals surface area contributed by atoms with Gasteiger partial charge in [0.15, 0.2) is 0 Å². The van der Waals surface area contributed by atoms with Gasteiger partial charge in [-0.2, -0.15) is 0 Å². The summed E-state index contributed by atoms with van der Waals surface area (Å²) in [5.41, 5.74) is 8.57. The Kier molecular flexibility index (Phi) is 1.68. The minimum atomic E-state index is 0.253. The maximum absolute atomic E-state index is 5.87. The highest BCUT2D eigenvalue weighted by Gasteiger charge is 2.44. The van der Waals surface area contributed by atoms with Gasteiger partial charge in [0, 0.05) is 36.8 Å². The van der Waals surface area contributed by atoms with Gasteiger partial charge in [-0.25, -0.2) is 4.98 Å². The molecule has 2 heterocycles. The van der Waals surface area contributed by atoms with Crippen molar-refractivity contribution in [1.82, 2.24) is 9.55 Å². The summed E-state index contributed by atoms with van der Waals surface area (Å²) in [4.78, 5) is 4.40. The number of hydrogen-bond donors (Lipinski definition) is 1. The van der Waals surface area contributed by atoms with E-state index >= 15 is 0 Å². The van der Waals surface area contributed by atoms with Crippen molar-refractivity contribution in [3.63, 3.8) is 0 Å². The Bertz CT molecular complexity index is 509. The van der Waals surface area contributed by atoms with E-state index < -0.39 is 0 Å². The second-order valence-corrected chi connectivity index (χ2v) is 4.51. The molecular formula is C12H15N3. The summed E-state index contributed by atoms with van der Waals surface area (Å²) < 4.78 is 2.10. The highest BCUT2D eigenvalue weighted by molar-refractivity contribution is 5.82. The number of fused-ring (bicyclic) bond motifs is 1. The first-order valence-electron chi connectivity index (χ1n) is 5.37. The predicted octanol–water partition coefficient (Wildman–Crippen LogP) is 1.56. The zero-order valence-electron chi connectivity index (χ0n) is 8.90. The van der Waals surface area contributed by atoms with Crippen molar-refractivity contribution in [3.05, 3.63) is 30.1 Å². The molecule has 3 nitrogen and oxygen atoms in total. The van der Waals surface area contributed by atoms with Crippen LogP contribution in [0.1, 0.15) is 18.4 Å². The Morgan fingerprint density at radius 2 is 2.33 bits per heavy atom. The van der Waals surface area contributed by atoms with Gasteiger partial charge in [0.05, 0.1) is 0 Å². The molecule has 78 valence electrons. The molecule has 3 heteroatoms. The molecule has 1 aliphatic carbocycles. The predicted molar refractivity (Wildman–Crippen MR) is 60.7 cm³/mol. The summed E-state index contributed by atoms with van der Waals surface area (Å²) in [6.07, 6.45) is 6.47. The molecule has 0 aromatic carbocycles. The minimum Gasteiger partial charge on any atom is -0.335 e. The average molecular weight is 201 g/mol. The molecule has 0 unspecified atom stereocenters. The molecule has 15 heavy (non-hydrogen) atoms. The lowest BCUT2D eigenvalue weighted by Gasteiger charge is -2.10. The van der Waals surface area contributed by atoms with Gasteiger partial charge in [0.25, 0.3) is 0 Å². The first-order valence-corrected chi connectivity index (χ1v) is 5.37. The third-order valence-electron chi connectivity index (χ3n) is 3.55. The van der Waals surface area contributed by atoms with Crippen molar-refractivity contribution in [1.29, 1.82) is 0 Å². The molecule has 0 radical (unpaired) electrons. The second kappa shape index (κ2) is 2.83. The number of hydrogen-bond acceptors (Lipinski definition) is 2. The summed E-state index contributed by atoms with van der Waals surface area (Å²) in [7, 11) is 2.05. The van der Waals surface area contributed by atoms with Crippen LogP contribution in [-0.2, 0) is 12.5 Å². The van der Waals surface area contributed by atoms with Crippen molar-refractivity contribution in [2.45, 2.75) is 18.3 Å². The molecule has 1 saturated carbocycles. The topological polar surface area (TPSA) is 43.8 Å². The molecule has 0 aliphatic heterocycles. The van der Waals surface area contributed by atoms with Crippen molar-refractivity contribution in [3.8, 4) is 0 Å². The van der Waals surface area contributed by atoms with Crippen LogP contribution in [0.3, 0.4) is 0 Å². The van der Waals surface area contributed by atoms with E-state index in [1.807, 2.05) is 19.3 Å². The quantitative estimate of drug-likeness (QED) is 0.801. The van der Waals surface area contributed by atoms with E-state index in [2.05, 4.69) is 21.8 Å². The first-order chi connectivity index (χ1) is 7.27. The maximum Gasteiger partial charge on any atom is 0.139 e. The monoisotopic (exact) mass is 201 g/mol. The number of rotatable bonds is 2. The molecule has 3 rings (SSSR count). The normalized spacial score (nSPS) is 18.3. The van der Waals surface area contributed by atoms with Crippen LogP contribution in [-0.4, -0.2) is 16.1 Å². The van der Waals surface area contributed by atoms with Crippen LogP contribution in [0.25, 0.3) is 11.0 Å². The Hall–Kier alpha value is -1.35. The zero-order valence-corrected chi connectivity index (χ0v) is 8.90. The molecule has 0 saturated heterocycles. The number of pyridine rings is 1. The number of nitrogens with zero attached hydrogens (tertiary/aromatic N) is 2. The Balaban J connectivity index is 2.28. The van der Waals surface area contributed by atoms with Crippen molar-refractivity contribution in [2.24, 2.45) is 12.8 Å². The molecule has 0 amide bonds. The third-order valence-corrected chi connectivity index (χ3v) is 3.55.